The zero-order valence-corrected chi connectivity index (χ0v) is 12.4. The molecule has 106 valence electrons. The lowest BCUT2D eigenvalue weighted by Crippen LogP contribution is -2.12. The standard InChI is InChI=1S/C13H18BrNO4/c1-17-6-3-7-18-8-9-19-13(16)10-4-2-5-11(15)12(10)14/h2,4-5H,3,6-9,15H2,1H3. The summed E-state index contributed by atoms with van der Waals surface area (Å²) < 4.78 is 15.8. The summed E-state index contributed by atoms with van der Waals surface area (Å²) in [7, 11) is 1.64. The Bertz CT molecular complexity index is 412. The summed E-state index contributed by atoms with van der Waals surface area (Å²) in [5.74, 6) is -0.417. The van der Waals surface area contributed by atoms with Gasteiger partial charge in [0.2, 0.25) is 0 Å². The second kappa shape index (κ2) is 8.90. The fourth-order valence-electron chi connectivity index (χ4n) is 1.39. The molecule has 5 nitrogen and oxygen atoms in total. The third kappa shape index (κ3) is 5.59. The monoisotopic (exact) mass is 331 g/mol. The van der Waals surface area contributed by atoms with E-state index in [1.165, 1.54) is 0 Å². The minimum absolute atomic E-state index is 0.215. The van der Waals surface area contributed by atoms with Crippen molar-refractivity contribution < 1.29 is 19.0 Å². The molecule has 0 aliphatic carbocycles. The van der Waals surface area contributed by atoms with Gasteiger partial charge < -0.3 is 19.9 Å². The van der Waals surface area contributed by atoms with Gasteiger partial charge in [-0.3, -0.25) is 0 Å². The molecule has 1 aromatic carbocycles. The number of rotatable bonds is 8. The molecule has 0 saturated heterocycles. The normalized spacial score (nSPS) is 10.4. The van der Waals surface area contributed by atoms with Gasteiger partial charge in [0, 0.05) is 26.0 Å². The molecule has 6 heteroatoms. The van der Waals surface area contributed by atoms with Gasteiger partial charge in [0.1, 0.15) is 6.61 Å². The van der Waals surface area contributed by atoms with Crippen molar-refractivity contribution in [1.82, 2.24) is 0 Å². The molecule has 0 aliphatic rings. The van der Waals surface area contributed by atoms with Crippen LogP contribution in [-0.4, -0.2) is 39.5 Å². The SMILES string of the molecule is COCCCOCCOC(=O)c1cccc(N)c1Br. The number of carbonyl (C=O) groups is 1. The highest BCUT2D eigenvalue weighted by atomic mass is 79.9. The summed E-state index contributed by atoms with van der Waals surface area (Å²) in [6.45, 7) is 1.84. The van der Waals surface area contributed by atoms with Gasteiger partial charge in [0.25, 0.3) is 0 Å². The Morgan fingerprint density at radius 2 is 2.05 bits per heavy atom. The van der Waals surface area contributed by atoms with Crippen molar-refractivity contribution in [3.05, 3.63) is 28.2 Å². The summed E-state index contributed by atoms with van der Waals surface area (Å²) in [6, 6.07) is 5.07. The van der Waals surface area contributed by atoms with E-state index < -0.39 is 5.97 Å². The molecule has 0 amide bonds. The van der Waals surface area contributed by atoms with Gasteiger partial charge in [-0.15, -0.1) is 0 Å². The van der Waals surface area contributed by atoms with Gasteiger partial charge >= 0.3 is 5.97 Å². The van der Waals surface area contributed by atoms with Crippen LogP contribution in [0.2, 0.25) is 0 Å². The van der Waals surface area contributed by atoms with Crippen LogP contribution in [0.1, 0.15) is 16.8 Å². The van der Waals surface area contributed by atoms with E-state index in [9.17, 15) is 4.79 Å². The van der Waals surface area contributed by atoms with Crippen molar-refractivity contribution in [3.63, 3.8) is 0 Å². The molecular weight excluding hydrogens is 314 g/mol. The lowest BCUT2D eigenvalue weighted by molar-refractivity contribution is 0.0287. The number of carbonyl (C=O) groups excluding carboxylic acids is 1. The number of benzene rings is 1. The predicted molar refractivity (Wildman–Crippen MR) is 76.1 cm³/mol. The molecule has 0 heterocycles. The Hall–Kier alpha value is -1.11. The molecule has 0 bridgehead atoms. The van der Waals surface area contributed by atoms with E-state index >= 15 is 0 Å². The van der Waals surface area contributed by atoms with Gasteiger partial charge in [0.15, 0.2) is 0 Å². The van der Waals surface area contributed by atoms with Crippen molar-refractivity contribution in [2.75, 3.05) is 39.3 Å². The first-order chi connectivity index (χ1) is 9.16. The molecule has 1 rings (SSSR count). The van der Waals surface area contributed by atoms with Gasteiger partial charge in [0.05, 0.1) is 16.6 Å². The first-order valence-corrected chi connectivity index (χ1v) is 6.74. The highest BCUT2D eigenvalue weighted by Crippen LogP contribution is 2.24. The fourth-order valence-corrected chi connectivity index (χ4v) is 1.81. The second-order valence-electron chi connectivity index (χ2n) is 3.80. The minimum atomic E-state index is -0.417. The Labute approximate surface area is 121 Å². The van der Waals surface area contributed by atoms with Crippen LogP contribution in [-0.2, 0) is 14.2 Å². The van der Waals surface area contributed by atoms with Crippen molar-refractivity contribution >= 4 is 27.6 Å². The number of hydrogen-bond acceptors (Lipinski definition) is 5. The topological polar surface area (TPSA) is 70.8 Å². The number of hydrogen-bond donors (Lipinski definition) is 1. The van der Waals surface area contributed by atoms with Gasteiger partial charge in [-0.25, -0.2) is 4.79 Å². The number of esters is 1. The van der Waals surface area contributed by atoms with Crippen molar-refractivity contribution in [2.24, 2.45) is 0 Å². The number of anilines is 1. The molecule has 0 saturated carbocycles. The smallest absolute Gasteiger partial charge is 0.339 e. The van der Waals surface area contributed by atoms with E-state index in [1.807, 2.05) is 0 Å². The van der Waals surface area contributed by atoms with Crippen molar-refractivity contribution in [3.8, 4) is 0 Å². The van der Waals surface area contributed by atoms with Crippen LogP contribution in [0.5, 0.6) is 0 Å². The molecule has 0 fully saturated rings. The van der Waals surface area contributed by atoms with Gasteiger partial charge in [-0.05, 0) is 34.5 Å². The summed E-state index contributed by atoms with van der Waals surface area (Å²) in [5.41, 5.74) is 6.61. The van der Waals surface area contributed by atoms with E-state index in [1.54, 1.807) is 25.3 Å². The average molecular weight is 332 g/mol. The highest BCUT2D eigenvalue weighted by molar-refractivity contribution is 9.10. The third-order valence-electron chi connectivity index (χ3n) is 2.35. The lowest BCUT2D eigenvalue weighted by atomic mass is 10.2. The quantitative estimate of drug-likeness (QED) is 0.449. The molecule has 1 aromatic rings. The Morgan fingerprint density at radius 1 is 1.26 bits per heavy atom. The van der Waals surface area contributed by atoms with Crippen LogP contribution >= 0.6 is 15.9 Å². The minimum Gasteiger partial charge on any atom is -0.460 e. The van der Waals surface area contributed by atoms with E-state index in [0.717, 1.165) is 6.42 Å². The molecular formula is C13H18BrNO4. The van der Waals surface area contributed by atoms with Crippen molar-refractivity contribution in [2.45, 2.75) is 6.42 Å². The van der Waals surface area contributed by atoms with Crippen molar-refractivity contribution in [1.29, 1.82) is 0 Å². The molecule has 0 unspecified atom stereocenters. The van der Waals surface area contributed by atoms with Crippen LogP contribution < -0.4 is 5.73 Å². The molecule has 0 atom stereocenters. The Kier molecular flexibility index (Phi) is 7.47. The van der Waals surface area contributed by atoms with Crippen LogP contribution in [0, 0.1) is 0 Å². The molecule has 19 heavy (non-hydrogen) atoms. The zero-order valence-electron chi connectivity index (χ0n) is 10.9. The summed E-state index contributed by atoms with van der Waals surface area (Å²) in [5, 5.41) is 0. The van der Waals surface area contributed by atoms with Crippen LogP contribution in [0.4, 0.5) is 5.69 Å². The fraction of sp³-hybridized carbons (Fsp3) is 0.462. The van der Waals surface area contributed by atoms with Crippen LogP contribution in [0.3, 0.4) is 0 Å². The molecule has 0 aliphatic heterocycles. The number of methoxy groups -OCH3 is 1. The lowest BCUT2D eigenvalue weighted by Gasteiger charge is -2.08. The Balaban J connectivity index is 2.26. The second-order valence-corrected chi connectivity index (χ2v) is 4.60. The van der Waals surface area contributed by atoms with Crippen LogP contribution in [0.25, 0.3) is 0 Å². The van der Waals surface area contributed by atoms with E-state index in [2.05, 4.69) is 15.9 Å². The number of nitrogens with two attached hydrogens (primary N) is 1. The van der Waals surface area contributed by atoms with E-state index in [-0.39, 0.29) is 6.61 Å². The number of nitrogen functional groups attached to an aromatic ring is 1. The molecule has 0 radical (unpaired) electrons. The maximum Gasteiger partial charge on any atom is 0.339 e. The third-order valence-corrected chi connectivity index (χ3v) is 3.23. The summed E-state index contributed by atoms with van der Waals surface area (Å²) in [6.07, 6.45) is 0.825. The highest BCUT2D eigenvalue weighted by Gasteiger charge is 2.12. The molecule has 2 N–H and O–H groups in total. The summed E-state index contributed by atoms with van der Waals surface area (Å²) in [4.78, 5) is 11.8. The van der Waals surface area contributed by atoms with E-state index in [4.69, 9.17) is 19.9 Å². The first-order valence-electron chi connectivity index (χ1n) is 5.94. The average Bonchev–Trinajstić information content (AvgIpc) is 2.40. The summed E-state index contributed by atoms with van der Waals surface area (Å²) >= 11 is 3.26. The molecule has 0 aromatic heterocycles. The number of ether oxygens (including phenoxy) is 3. The van der Waals surface area contributed by atoms with E-state index in [0.29, 0.717) is 35.5 Å². The zero-order chi connectivity index (χ0) is 14.1. The largest absolute Gasteiger partial charge is 0.460 e. The first kappa shape index (κ1) is 15.9. The maximum atomic E-state index is 11.8. The van der Waals surface area contributed by atoms with Crippen LogP contribution in [0.15, 0.2) is 22.7 Å². The predicted octanol–water partition coefficient (Wildman–Crippen LogP) is 2.24. The Morgan fingerprint density at radius 3 is 2.79 bits per heavy atom. The maximum absolute atomic E-state index is 11.8. The van der Waals surface area contributed by atoms with Gasteiger partial charge in [-0.2, -0.15) is 0 Å². The molecule has 0 spiro atoms. The number of halogens is 1. The van der Waals surface area contributed by atoms with Gasteiger partial charge in [-0.1, -0.05) is 6.07 Å².